The van der Waals surface area contributed by atoms with E-state index in [1.54, 1.807) is 23.6 Å². The van der Waals surface area contributed by atoms with Gasteiger partial charge in [-0.05, 0) is 6.07 Å². The predicted octanol–water partition coefficient (Wildman–Crippen LogP) is 0.842. The first kappa shape index (κ1) is 11.2. The van der Waals surface area contributed by atoms with Crippen molar-refractivity contribution in [2.45, 2.75) is 0 Å². The van der Waals surface area contributed by atoms with Crippen molar-refractivity contribution >= 4 is 28.2 Å². The SMILES string of the molecule is Nc1ccnc(N2CCN(c3nccs3)CC2)n1. The highest BCUT2D eigenvalue weighted by molar-refractivity contribution is 7.13. The third-order valence-electron chi connectivity index (χ3n) is 2.92. The van der Waals surface area contributed by atoms with Gasteiger partial charge in [0.1, 0.15) is 5.82 Å². The standard InChI is InChI=1S/C11H14N6S/c12-9-1-2-13-10(15-9)16-4-6-17(7-5-16)11-14-3-8-18-11/h1-3,8H,4-7H2,(H2,12,13,15). The molecule has 0 spiro atoms. The second-order valence-corrected chi connectivity index (χ2v) is 4.94. The van der Waals surface area contributed by atoms with Gasteiger partial charge in [0.05, 0.1) is 0 Å². The van der Waals surface area contributed by atoms with Gasteiger partial charge in [0, 0.05) is 44.0 Å². The molecule has 0 amide bonds. The molecule has 2 N–H and O–H groups in total. The first-order valence-electron chi connectivity index (χ1n) is 5.81. The molecule has 6 nitrogen and oxygen atoms in total. The van der Waals surface area contributed by atoms with Gasteiger partial charge in [-0.15, -0.1) is 11.3 Å². The van der Waals surface area contributed by atoms with Crippen molar-refractivity contribution in [2.75, 3.05) is 41.7 Å². The summed E-state index contributed by atoms with van der Waals surface area (Å²) in [6, 6.07) is 1.70. The molecule has 3 heterocycles. The van der Waals surface area contributed by atoms with Gasteiger partial charge in [-0.3, -0.25) is 0 Å². The predicted molar refractivity (Wildman–Crippen MR) is 73.0 cm³/mol. The summed E-state index contributed by atoms with van der Waals surface area (Å²) in [6.45, 7) is 3.66. The number of piperazine rings is 1. The van der Waals surface area contributed by atoms with Crippen molar-refractivity contribution in [3.63, 3.8) is 0 Å². The minimum absolute atomic E-state index is 0.516. The average molecular weight is 262 g/mol. The molecule has 1 fully saturated rings. The molecule has 94 valence electrons. The molecule has 18 heavy (non-hydrogen) atoms. The smallest absolute Gasteiger partial charge is 0.227 e. The summed E-state index contributed by atoms with van der Waals surface area (Å²) in [5, 5.41) is 3.09. The van der Waals surface area contributed by atoms with Crippen molar-refractivity contribution in [3.8, 4) is 0 Å². The van der Waals surface area contributed by atoms with Crippen LogP contribution in [0.15, 0.2) is 23.8 Å². The van der Waals surface area contributed by atoms with Crippen LogP contribution in [0.1, 0.15) is 0 Å². The van der Waals surface area contributed by atoms with E-state index in [-0.39, 0.29) is 0 Å². The van der Waals surface area contributed by atoms with Crippen LogP contribution in [0.3, 0.4) is 0 Å². The zero-order chi connectivity index (χ0) is 12.4. The fraction of sp³-hybridized carbons (Fsp3) is 0.364. The number of hydrogen-bond acceptors (Lipinski definition) is 7. The van der Waals surface area contributed by atoms with Gasteiger partial charge in [-0.2, -0.15) is 4.98 Å². The fourth-order valence-corrected chi connectivity index (χ4v) is 2.68. The van der Waals surface area contributed by atoms with Crippen LogP contribution in [0.4, 0.5) is 16.9 Å². The lowest BCUT2D eigenvalue weighted by Crippen LogP contribution is -2.47. The van der Waals surface area contributed by atoms with E-state index in [1.165, 1.54) is 0 Å². The highest BCUT2D eigenvalue weighted by Gasteiger charge is 2.20. The zero-order valence-corrected chi connectivity index (χ0v) is 10.7. The normalized spacial score (nSPS) is 16.0. The lowest BCUT2D eigenvalue weighted by atomic mass is 10.3. The Bertz CT molecular complexity index is 506. The Balaban J connectivity index is 1.67. The molecule has 2 aromatic rings. The molecule has 1 aliphatic heterocycles. The molecule has 0 saturated carbocycles. The van der Waals surface area contributed by atoms with E-state index in [2.05, 4.69) is 24.8 Å². The summed E-state index contributed by atoms with van der Waals surface area (Å²) < 4.78 is 0. The Labute approximate surface area is 109 Å². The number of nitrogen functional groups attached to an aromatic ring is 1. The van der Waals surface area contributed by atoms with E-state index in [0.29, 0.717) is 11.8 Å². The Kier molecular flexibility index (Phi) is 2.97. The number of nitrogens with two attached hydrogens (primary N) is 1. The summed E-state index contributed by atoms with van der Waals surface area (Å²) in [7, 11) is 0. The van der Waals surface area contributed by atoms with Crippen molar-refractivity contribution in [1.82, 2.24) is 15.0 Å². The Hall–Kier alpha value is -1.89. The number of hydrogen-bond donors (Lipinski definition) is 1. The number of aromatic nitrogens is 3. The van der Waals surface area contributed by atoms with E-state index in [1.807, 2.05) is 11.6 Å². The maximum atomic E-state index is 5.67. The number of nitrogens with zero attached hydrogens (tertiary/aromatic N) is 5. The molecule has 0 aromatic carbocycles. The molecule has 7 heteroatoms. The van der Waals surface area contributed by atoms with Gasteiger partial charge < -0.3 is 15.5 Å². The van der Waals surface area contributed by atoms with E-state index in [0.717, 1.165) is 31.3 Å². The van der Waals surface area contributed by atoms with Crippen molar-refractivity contribution in [3.05, 3.63) is 23.8 Å². The summed E-state index contributed by atoms with van der Waals surface area (Å²) in [4.78, 5) is 17.3. The second kappa shape index (κ2) is 4.77. The lowest BCUT2D eigenvalue weighted by molar-refractivity contribution is 0.639. The number of anilines is 3. The summed E-state index contributed by atoms with van der Waals surface area (Å²) in [5.41, 5.74) is 5.67. The highest BCUT2D eigenvalue weighted by Crippen LogP contribution is 2.20. The third-order valence-corrected chi connectivity index (χ3v) is 3.75. The van der Waals surface area contributed by atoms with Gasteiger partial charge in [0.15, 0.2) is 5.13 Å². The topological polar surface area (TPSA) is 71.2 Å². The molecule has 0 radical (unpaired) electrons. The molecule has 2 aromatic heterocycles. The quantitative estimate of drug-likeness (QED) is 0.865. The first-order valence-corrected chi connectivity index (χ1v) is 6.69. The first-order chi connectivity index (χ1) is 8.83. The van der Waals surface area contributed by atoms with E-state index in [4.69, 9.17) is 5.73 Å². The van der Waals surface area contributed by atoms with Gasteiger partial charge in [-0.25, -0.2) is 9.97 Å². The molecule has 0 bridgehead atoms. The highest BCUT2D eigenvalue weighted by atomic mass is 32.1. The van der Waals surface area contributed by atoms with Crippen LogP contribution in [0.2, 0.25) is 0 Å². The molecule has 3 rings (SSSR count). The van der Waals surface area contributed by atoms with Gasteiger partial charge in [0.2, 0.25) is 5.95 Å². The van der Waals surface area contributed by atoms with Crippen LogP contribution in [0.5, 0.6) is 0 Å². The third kappa shape index (κ3) is 2.21. The van der Waals surface area contributed by atoms with Gasteiger partial charge in [0.25, 0.3) is 0 Å². The van der Waals surface area contributed by atoms with Crippen molar-refractivity contribution < 1.29 is 0 Å². The largest absolute Gasteiger partial charge is 0.384 e. The van der Waals surface area contributed by atoms with Crippen molar-refractivity contribution in [1.29, 1.82) is 0 Å². The monoisotopic (exact) mass is 262 g/mol. The molecule has 0 atom stereocenters. The Morgan fingerprint density at radius 3 is 2.50 bits per heavy atom. The van der Waals surface area contributed by atoms with Gasteiger partial charge >= 0.3 is 0 Å². The summed E-state index contributed by atoms with van der Waals surface area (Å²) in [6.07, 6.45) is 3.54. The van der Waals surface area contributed by atoms with Crippen LogP contribution in [-0.4, -0.2) is 41.1 Å². The van der Waals surface area contributed by atoms with E-state index >= 15 is 0 Å². The lowest BCUT2D eigenvalue weighted by Gasteiger charge is -2.34. The molecule has 0 aliphatic carbocycles. The summed E-state index contributed by atoms with van der Waals surface area (Å²) >= 11 is 1.67. The maximum Gasteiger partial charge on any atom is 0.227 e. The number of rotatable bonds is 2. The van der Waals surface area contributed by atoms with Crippen LogP contribution in [0, 0.1) is 0 Å². The van der Waals surface area contributed by atoms with Crippen LogP contribution < -0.4 is 15.5 Å². The Morgan fingerprint density at radius 2 is 1.83 bits per heavy atom. The number of thiazole rings is 1. The average Bonchev–Trinajstić information content (AvgIpc) is 2.93. The molecular weight excluding hydrogens is 248 g/mol. The van der Waals surface area contributed by atoms with Crippen LogP contribution >= 0.6 is 11.3 Å². The minimum Gasteiger partial charge on any atom is -0.384 e. The molecule has 1 aliphatic rings. The minimum atomic E-state index is 0.516. The molecule has 0 unspecified atom stereocenters. The zero-order valence-electron chi connectivity index (χ0n) is 9.86. The van der Waals surface area contributed by atoms with Gasteiger partial charge in [-0.1, -0.05) is 0 Å². The molecular formula is C11H14N6S. The second-order valence-electron chi connectivity index (χ2n) is 4.07. The van der Waals surface area contributed by atoms with E-state index in [9.17, 15) is 0 Å². The Morgan fingerprint density at radius 1 is 1.06 bits per heavy atom. The van der Waals surface area contributed by atoms with Crippen LogP contribution in [-0.2, 0) is 0 Å². The maximum absolute atomic E-state index is 5.67. The fourth-order valence-electron chi connectivity index (χ4n) is 1.98. The molecule has 1 saturated heterocycles. The van der Waals surface area contributed by atoms with Crippen LogP contribution in [0.25, 0.3) is 0 Å². The summed E-state index contributed by atoms with van der Waals surface area (Å²) in [5.74, 6) is 1.23. The van der Waals surface area contributed by atoms with E-state index < -0.39 is 0 Å². The van der Waals surface area contributed by atoms with Crippen molar-refractivity contribution in [2.24, 2.45) is 0 Å².